The van der Waals surface area contributed by atoms with E-state index >= 15 is 0 Å². The summed E-state index contributed by atoms with van der Waals surface area (Å²) in [6.45, 7) is 1.69. The average molecular weight is 515 g/mol. The summed E-state index contributed by atoms with van der Waals surface area (Å²) in [6.07, 6.45) is -0.0738. The van der Waals surface area contributed by atoms with Gasteiger partial charge in [0.2, 0.25) is 0 Å². The number of carbonyl (C=O) groups excluding carboxylic acids is 2. The van der Waals surface area contributed by atoms with Crippen molar-refractivity contribution in [2.45, 2.75) is 56.8 Å². The molecule has 0 unspecified atom stereocenters. The fourth-order valence-corrected chi connectivity index (χ4v) is 3.96. The molecule has 13 heteroatoms. The summed E-state index contributed by atoms with van der Waals surface area (Å²) >= 11 is 0. The predicted molar refractivity (Wildman–Crippen MR) is 123 cm³/mol. The van der Waals surface area contributed by atoms with Crippen LogP contribution in [0.4, 0.5) is 13.2 Å². The van der Waals surface area contributed by atoms with Crippen molar-refractivity contribution in [1.82, 2.24) is 35.4 Å². The van der Waals surface area contributed by atoms with E-state index in [9.17, 15) is 22.8 Å². The smallest absolute Gasteiger partial charge is 0.406 e. The Morgan fingerprint density at radius 1 is 1.05 bits per heavy atom. The summed E-state index contributed by atoms with van der Waals surface area (Å²) in [5.74, 6) is 0.129. The lowest BCUT2D eigenvalue weighted by Gasteiger charge is -2.16. The van der Waals surface area contributed by atoms with Gasteiger partial charge in [0.15, 0.2) is 17.5 Å². The molecule has 3 aromatic rings. The molecule has 2 fully saturated rings. The van der Waals surface area contributed by atoms with Crippen LogP contribution in [0.25, 0.3) is 5.82 Å². The van der Waals surface area contributed by atoms with Gasteiger partial charge >= 0.3 is 6.36 Å². The first-order chi connectivity index (χ1) is 17.6. The molecule has 37 heavy (non-hydrogen) atoms. The third-order valence-corrected chi connectivity index (χ3v) is 6.13. The highest BCUT2D eigenvalue weighted by Gasteiger charge is 2.34. The molecule has 1 aromatic carbocycles. The molecule has 194 valence electrons. The maximum absolute atomic E-state index is 13.1. The number of benzene rings is 1. The van der Waals surface area contributed by atoms with E-state index < -0.39 is 30.0 Å². The minimum Gasteiger partial charge on any atom is -0.406 e. The number of nitrogens with one attached hydrogen (secondary N) is 2. The van der Waals surface area contributed by atoms with E-state index in [1.54, 1.807) is 13.0 Å². The van der Waals surface area contributed by atoms with Gasteiger partial charge < -0.3 is 15.4 Å². The molecule has 2 N–H and O–H groups in total. The molecule has 0 radical (unpaired) electrons. The van der Waals surface area contributed by atoms with Gasteiger partial charge in [0, 0.05) is 24.6 Å². The number of hydrogen-bond donors (Lipinski definition) is 2. The van der Waals surface area contributed by atoms with Gasteiger partial charge in [-0.1, -0.05) is 0 Å². The van der Waals surface area contributed by atoms with Crippen molar-refractivity contribution in [2.75, 3.05) is 7.05 Å². The van der Waals surface area contributed by atoms with Crippen LogP contribution in [0.5, 0.6) is 5.75 Å². The lowest BCUT2D eigenvalue weighted by atomic mass is 10.1. The van der Waals surface area contributed by atoms with E-state index in [4.69, 9.17) is 0 Å². The summed E-state index contributed by atoms with van der Waals surface area (Å²) in [7, 11) is 1.48. The SMILES string of the molecule is CNC(=O)c1cc(-n2nc(C3CC3)nc2[C@H](C)NC(=O)c2cc(OC(F)(F)F)cc(C3CC3)c2)ncn1. The Kier molecular flexibility index (Phi) is 6.30. The molecule has 1 atom stereocenters. The molecular weight excluding hydrogens is 491 g/mol. The first-order valence-corrected chi connectivity index (χ1v) is 11.8. The zero-order valence-corrected chi connectivity index (χ0v) is 20.0. The Bertz CT molecular complexity index is 1350. The standard InChI is InChI=1S/C24H24F3N7O3/c1-12(31-22(35)16-7-15(13-3-4-13)8-17(9-16)37-24(25,26)27)21-32-20(14-5-6-14)33-34(21)19-10-18(23(36)28-2)29-11-30-19/h7-14H,3-6H2,1-2H3,(H,28,36)(H,31,35)/t12-/m0/s1. The van der Waals surface area contributed by atoms with Gasteiger partial charge in [-0.3, -0.25) is 9.59 Å². The quantitative estimate of drug-likeness (QED) is 0.470. The van der Waals surface area contributed by atoms with Crippen LogP contribution < -0.4 is 15.4 Å². The Morgan fingerprint density at radius 2 is 1.78 bits per heavy atom. The number of ether oxygens (including phenoxy) is 1. The van der Waals surface area contributed by atoms with Crippen LogP contribution in [0.15, 0.2) is 30.6 Å². The van der Waals surface area contributed by atoms with E-state index in [1.807, 2.05) is 0 Å². The maximum Gasteiger partial charge on any atom is 0.573 e. The van der Waals surface area contributed by atoms with Gasteiger partial charge in [0.25, 0.3) is 11.8 Å². The second-order valence-electron chi connectivity index (χ2n) is 9.16. The van der Waals surface area contributed by atoms with Gasteiger partial charge in [0.05, 0.1) is 6.04 Å². The normalized spacial score (nSPS) is 16.2. The Hall–Kier alpha value is -4.03. The maximum atomic E-state index is 13.1. The molecule has 2 saturated carbocycles. The van der Waals surface area contributed by atoms with Crippen LogP contribution in [0.1, 0.15) is 88.5 Å². The van der Waals surface area contributed by atoms with Gasteiger partial charge in [-0.15, -0.1) is 18.3 Å². The first kappa shape index (κ1) is 24.7. The number of amides is 2. The number of alkyl halides is 3. The molecule has 2 aliphatic carbocycles. The van der Waals surface area contributed by atoms with Crippen molar-refractivity contribution in [2.24, 2.45) is 0 Å². The monoisotopic (exact) mass is 515 g/mol. The molecule has 0 spiro atoms. The number of carbonyl (C=O) groups is 2. The Balaban J connectivity index is 1.43. The number of nitrogens with zero attached hydrogens (tertiary/aromatic N) is 5. The van der Waals surface area contributed by atoms with E-state index in [0.717, 1.165) is 31.7 Å². The van der Waals surface area contributed by atoms with Crippen molar-refractivity contribution < 1.29 is 27.5 Å². The molecule has 2 aliphatic rings. The fraction of sp³-hybridized carbons (Fsp3) is 0.417. The van der Waals surface area contributed by atoms with Crippen LogP contribution in [0, 0.1) is 0 Å². The summed E-state index contributed by atoms with van der Waals surface area (Å²) < 4.78 is 44.1. The van der Waals surface area contributed by atoms with Crippen molar-refractivity contribution in [3.05, 3.63) is 59.1 Å². The Labute approximate surface area is 209 Å². The highest BCUT2D eigenvalue weighted by molar-refractivity contribution is 5.95. The average Bonchev–Trinajstić information content (AvgIpc) is 3.79. The van der Waals surface area contributed by atoms with Crippen LogP contribution in [-0.4, -0.2) is 50.0 Å². The van der Waals surface area contributed by atoms with E-state index in [1.165, 1.54) is 30.2 Å². The zero-order chi connectivity index (χ0) is 26.3. The number of rotatable bonds is 8. The van der Waals surface area contributed by atoms with E-state index in [-0.39, 0.29) is 23.1 Å². The highest BCUT2D eigenvalue weighted by atomic mass is 19.4. The second kappa shape index (κ2) is 9.45. The molecular formula is C24H24F3N7O3. The third kappa shape index (κ3) is 5.70. The second-order valence-corrected chi connectivity index (χ2v) is 9.16. The van der Waals surface area contributed by atoms with Crippen LogP contribution in [0.3, 0.4) is 0 Å². The summed E-state index contributed by atoms with van der Waals surface area (Å²) in [4.78, 5) is 38.0. The molecule has 0 saturated heterocycles. The molecule has 0 aliphatic heterocycles. The zero-order valence-electron chi connectivity index (χ0n) is 20.0. The molecule has 2 amide bonds. The predicted octanol–water partition coefficient (Wildman–Crippen LogP) is 3.56. The van der Waals surface area contributed by atoms with Gasteiger partial charge in [0.1, 0.15) is 17.8 Å². The number of hydrogen-bond acceptors (Lipinski definition) is 7. The highest BCUT2D eigenvalue weighted by Crippen LogP contribution is 2.42. The van der Waals surface area contributed by atoms with Crippen molar-refractivity contribution in [3.63, 3.8) is 0 Å². The molecule has 2 heterocycles. The van der Waals surface area contributed by atoms with Crippen molar-refractivity contribution in [1.29, 1.82) is 0 Å². The van der Waals surface area contributed by atoms with Crippen molar-refractivity contribution >= 4 is 11.8 Å². The Morgan fingerprint density at radius 3 is 2.43 bits per heavy atom. The molecule has 0 bridgehead atoms. The van der Waals surface area contributed by atoms with Gasteiger partial charge in [-0.05, 0) is 62.3 Å². The van der Waals surface area contributed by atoms with Crippen LogP contribution in [0.2, 0.25) is 0 Å². The lowest BCUT2D eigenvalue weighted by molar-refractivity contribution is -0.274. The van der Waals surface area contributed by atoms with Crippen LogP contribution in [-0.2, 0) is 0 Å². The minimum absolute atomic E-state index is 0.0490. The lowest BCUT2D eigenvalue weighted by Crippen LogP contribution is -2.29. The molecule has 5 rings (SSSR count). The summed E-state index contributed by atoms with van der Waals surface area (Å²) in [5.41, 5.74) is 0.807. The number of halogens is 3. The molecule has 2 aromatic heterocycles. The van der Waals surface area contributed by atoms with E-state index in [2.05, 4.69) is 35.4 Å². The fourth-order valence-electron chi connectivity index (χ4n) is 3.96. The van der Waals surface area contributed by atoms with Crippen LogP contribution >= 0.6 is 0 Å². The van der Waals surface area contributed by atoms with Gasteiger partial charge in [-0.25, -0.2) is 15.0 Å². The first-order valence-electron chi connectivity index (χ1n) is 11.8. The number of aromatic nitrogens is 5. The summed E-state index contributed by atoms with van der Waals surface area (Å²) in [6, 6.07) is 4.75. The van der Waals surface area contributed by atoms with Crippen molar-refractivity contribution in [3.8, 4) is 11.6 Å². The third-order valence-electron chi connectivity index (χ3n) is 6.13. The summed E-state index contributed by atoms with van der Waals surface area (Å²) in [5, 5.41) is 9.85. The largest absolute Gasteiger partial charge is 0.573 e. The van der Waals surface area contributed by atoms with E-state index in [0.29, 0.717) is 23.0 Å². The topological polar surface area (TPSA) is 124 Å². The van der Waals surface area contributed by atoms with Gasteiger partial charge in [-0.2, -0.15) is 4.68 Å². The molecule has 10 nitrogen and oxygen atoms in total. The minimum atomic E-state index is -4.87.